The zero-order valence-electron chi connectivity index (χ0n) is 16.3. The zero-order chi connectivity index (χ0) is 21.3. The summed E-state index contributed by atoms with van der Waals surface area (Å²) in [7, 11) is -3.06. The van der Waals surface area contributed by atoms with Gasteiger partial charge in [-0.25, -0.2) is 13.4 Å². The molecular weight excluding hydrogens is 442 g/mol. The molecule has 0 spiro atoms. The van der Waals surface area contributed by atoms with Crippen LogP contribution >= 0.6 is 23.1 Å². The first-order chi connectivity index (χ1) is 14.4. The number of H-pyrrole nitrogens is 1. The number of sulfone groups is 1. The standard InChI is InChI=1S/C20H21N3O4S3/c1-2-23(14-8-9-30(26,27)12-14)16(24)11-29-20-21-18(25)17-15(10-28-19(17)22-20)13-6-4-3-5-7-13/h3-7,10,14H,2,8-9,11-12H2,1H3,(H,21,22,25)/t14-/m0/s1. The third-order valence-electron chi connectivity index (χ3n) is 5.15. The molecule has 3 aromatic rings. The molecule has 0 bridgehead atoms. The molecule has 1 aliphatic rings. The van der Waals surface area contributed by atoms with E-state index in [0.717, 1.165) is 22.9 Å². The van der Waals surface area contributed by atoms with Crippen LogP contribution in [0.5, 0.6) is 0 Å². The summed E-state index contributed by atoms with van der Waals surface area (Å²) in [6, 6.07) is 9.40. The number of thioether (sulfide) groups is 1. The number of nitrogens with zero attached hydrogens (tertiary/aromatic N) is 2. The van der Waals surface area contributed by atoms with E-state index in [1.54, 1.807) is 4.90 Å². The molecule has 1 saturated heterocycles. The molecule has 4 rings (SSSR count). The van der Waals surface area contributed by atoms with E-state index in [2.05, 4.69) is 9.97 Å². The quantitative estimate of drug-likeness (QED) is 0.446. The first kappa shape index (κ1) is 21.1. The van der Waals surface area contributed by atoms with Gasteiger partial charge in [-0.05, 0) is 18.9 Å². The Balaban J connectivity index is 1.51. The Hall–Kier alpha value is -2.17. The molecule has 7 nitrogen and oxygen atoms in total. The molecule has 3 heterocycles. The molecule has 1 aliphatic heterocycles. The van der Waals surface area contributed by atoms with Gasteiger partial charge < -0.3 is 9.88 Å². The second kappa shape index (κ2) is 8.52. The molecule has 1 amide bonds. The maximum Gasteiger partial charge on any atom is 0.260 e. The predicted molar refractivity (Wildman–Crippen MR) is 121 cm³/mol. The van der Waals surface area contributed by atoms with Gasteiger partial charge in [-0.1, -0.05) is 42.1 Å². The Labute approximate surface area is 182 Å². The SMILES string of the molecule is CCN(C(=O)CSc1nc2scc(-c3ccccc3)c2c(=O)[nH]1)[C@H]1CCS(=O)(=O)C1. The predicted octanol–water partition coefficient (Wildman–Crippen LogP) is 2.78. The number of hydrogen-bond donors (Lipinski definition) is 1. The lowest BCUT2D eigenvalue weighted by molar-refractivity contribution is -0.129. The summed E-state index contributed by atoms with van der Waals surface area (Å²) in [4.78, 5) is 34.9. The van der Waals surface area contributed by atoms with Gasteiger partial charge in [0.25, 0.3) is 5.56 Å². The van der Waals surface area contributed by atoms with Gasteiger partial charge in [-0.15, -0.1) is 11.3 Å². The van der Waals surface area contributed by atoms with Crippen LogP contribution < -0.4 is 5.56 Å². The van der Waals surface area contributed by atoms with E-state index in [1.807, 2.05) is 42.6 Å². The molecule has 10 heteroatoms. The van der Waals surface area contributed by atoms with Crippen LogP contribution in [0.25, 0.3) is 21.3 Å². The molecular formula is C20H21N3O4S3. The van der Waals surface area contributed by atoms with E-state index < -0.39 is 9.84 Å². The topological polar surface area (TPSA) is 100 Å². The van der Waals surface area contributed by atoms with Crippen molar-refractivity contribution in [3.05, 3.63) is 46.1 Å². The lowest BCUT2D eigenvalue weighted by Gasteiger charge is -2.26. The Morgan fingerprint density at radius 3 is 2.77 bits per heavy atom. The van der Waals surface area contributed by atoms with E-state index >= 15 is 0 Å². The van der Waals surface area contributed by atoms with Gasteiger partial charge >= 0.3 is 0 Å². The summed E-state index contributed by atoms with van der Waals surface area (Å²) in [5, 5.41) is 2.85. The third kappa shape index (κ3) is 4.30. The number of thiophene rings is 1. The number of fused-ring (bicyclic) bond motifs is 1. The van der Waals surface area contributed by atoms with E-state index in [1.165, 1.54) is 11.3 Å². The van der Waals surface area contributed by atoms with Crippen LogP contribution in [0.4, 0.5) is 0 Å². The van der Waals surface area contributed by atoms with Crippen molar-refractivity contribution >= 4 is 49.1 Å². The average Bonchev–Trinajstić information content (AvgIpc) is 3.31. The Bertz CT molecular complexity index is 1240. The van der Waals surface area contributed by atoms with Gasteiger partial charge in [-0.2, -0.15) is 0 Å². The van der Waals surface area contributed by atoms with E-state index in [-0.39, 0.29) is 34.8 Å². The highest BCUT2D eigenvalue weighted by atomic mass is 32.2. The number of nitrogens with one attached hydrogen (secondary N) is 1. The zero-order valence-corrected chi connectivity index (χ0v) is 18.8. The van der Waals surface area contributed by atoms with Gasteiger partial charge in [0.15, 0.2) is 15.0 Å². The summed E-state index contributed by atoms with van der Waals surface area (Å²) in [6.45, 7) is 2.30. The molecule has 30 heavy (non-hydrogen) atoms. The molecule has 1 N–H and O–H groups in total. The molecule has 158 valence electrons. The summed E-state index contributed by atoms with van der Waals surface area (Å²) < 4.78 is 23.5. The van der Waals surface area contributed by atoms with Crippen molar-refractivity contribution in [1.29, 1.82) is 0 Å². The minimum absolute atomic E-state index is 0.0236. The van der Waals surface area contributed by atoms with Crippen LogP contribution in [-0.4, -0.2) is 59.0 Å². The van der Waals surface area contributed by atoms with Crippen LogP contribution in [-0.2, 0) is 14.6 Å². The van der Waals surface area contributed by atoms with E-state index in [4.69, 9.17) is 0 Å². The minimum Gasteiger partial charge on any atom is -0.338 e. The van der Waals surface area contributed by atoms with Crippen LogP contribution in [0.3, 0.4) is 0 Å². The highest BCUT2D eigenvalue weighted by Gasteiger charge is 2.33. The molecule has 1 aromatic carbocycles. The maximum atomic E-state index is 12.7. The number of amides is 1. The maximum absolute atomic E-state index is 12.7. The van der Waals surface area contributed by atoms with Crippen molar-refractivity contribution in [3.63, 3.8) is 0 Å². The number of aromatic amines is 1. The van der Waals surface area contributed by atoms with Crippen molar-refractivity contribution in [3.8, 4) is 11.1 Å². The molecule has 1 atom stereocenters. The number of aromatic nitrogens is 2. The molecule has 1 fully saturated rings. The summed E-state index contributed by atoms with van der Waals surface area (Å²) in [5.74, 6) is 0.0943. The minimum atomic E-state index is -3.06. The van der Waals surface area contributed by atoms with Crippen LogP contribution in [0, 0.1) is 0 Å². The molecule has 0 saturated carbocycles. The van der Waals surface area contributed by atoms with Gasteiger partial charge in [-0.3, -0.25) is 9.59 Å². The fourth-order valence-electron chi connectivity index (χ4n) is 3.70. The highest BCUT2D eigenvalue weighted by molar-refractivity contribution is 7.99. The van der Waals surface area contributed by atoms with Crippen LogP contribution in [0.2, 0.25) is 0 Å². The second-order valence-electron chi connectivity index (χ2n) is 7.09. The molecule has 0 radical (unpaired) electrons. The lowest BCUT2D eigenvalue weighted by atomic mass is 10.1. The number of benzene rings is 1. The molecule has 2 aromatic heterocycles. The summed E-state index contributed by atoms with van der Waals surface area (Å²) >= 11 is 2.56. The number of carbonyl (C=O) groups excluding carboxylic acids is 1. The van der Waals surface area contributed by atoms with Crippen molar-refractivity contribution in [2.24, 2.45) is 0 Å². The first-order valence-electron chi connectivity index (χ1n) is 9.57. The fraction of sp³-hybridized carbons (Fsp3) is 0.350. The van der Waals surface area contributed by atoms with Gasteiger partial charge in [0.2, 0.25) is 5.91 Å². The lowest BCUT2D eigenvalue weighted by Crippen LogP contribution is -2.42. The first-order valence-corrected chi connectivity index (χ1v) is 13.3. The Morgan fingerprint density at radius 2 is 2.10 bits per heavy atom. The Kier molecular flexibility index (Phi) is 5.99. The third-order valence-corrected chi connectivity index (χ3v) is 8.63. The molecule has 0 aliphatic carbocycles. The normalized spacial score (nSPS) is 18.0. The fourth-order valence-corrected chi connectivity index (χ4v) is 7.18. The van der Waals surface area contributed by atoms with Crippen molar-refractivity contribution in [2.75, 3.05) is 23.8 Å². The Morgan fingerprint density at radius 1 is 1.33 bits per heavy atom. The van der Waals surface area contributed by atoms with Crippen molar-refractivity contribution in [2.45, 2.75) is 24.5 Å². The van der Waals surface area contributed by atoms with E-state index in [0.29, 0.717) is 28.3 Å². The van der Waals surface area contributed by atoms with Crippen LogP contribution in [0.1, 0.15) is 13.3 Å². The largest absolute Gasteiger partial charge is 0.338 e. The monoisotopic (exact) mass is 463 g/mol. The number of hydrogen-bond acceptors (Lipinski definition) is 7. The number of carbonyl (C=O) groups is 1. The van der Waals surface area contributed by atoms with Gasteiger partial charge in [0.05, 0.1) is 22.6 Å². The van der Waals surface area contributed by atoms with Crippen molar-refractivity contribution in [1.82, 2.24) is 14.9 Å². The average molecular weight is 464 g/mol. The highest BCUT2D eigenvalue weighted by Crippen LogP contribution is 2.31. The second-order valence-corrected chi connectivity index (χ2v) is 11.1. The van der Waals surface area contributed by atoms with Crippen LogP contribution in [0.15, 0.2) is 45.7 Å². The molecule has 0 unspecified atom stereocenters. The number of rotatable bonds is 6. The smallest absolute Gasteiger partial charge is 0.260 e. The van der Waals surface area contributed by atoms with Gasteiger partial charge in [0.1, 0.15) is 4.83 Å². The summed E-state index contributed by atoms with van der Waals surface area (Å²) in [5.41, 5.74) is 1.57. The summed E-state index contributed by atoms with van der Waals surface area (Å²) in [6.07, 6.45) is 0.477. The van der Waals surface area contributed by atoms with E-state index in [9.17, 15) is 18.0 Å². The van der Waals surface area contributed by atoms with Crippen molar-refractivity contribution < 1.29 is 13.2 Å². The van der Waals surface area contributed by atoms with Gasteiger partial charge in [0, 0.05) is 23.5 Å².